The number of carbonyl (C=O) groups excluding carboxylic acids is 1. The standard InChI is InChI=1S/C7H15N3O5S/c11-7(9-8-6-16(12,13)14)5-10-1-3-15-4-2-10/h8H,1-6H2,(H,9,11)(H,12,13,14)/p-1. The van der Waals surface area contributed by atoms with Crippen LogP contribution in [0, 0.1) is 0 Å². The van der Waals surface area contributed by atoms with Crippen LogP contribution in [0.4, 0.5) is 0 Å². The molecule has 0 atom stereocenters. The van der Waals surface area contributed by atoms with Crippen molar-refractivity contribution in [3.8, 4) is 0 Å². The number of hydrazine groups is 1. The van der Waals surface area contributed by atoms with Crippen molar-refractivity contribution in [2.24, 2.45) is 0 Å². The highest BCUT2D eigenvalue weighted by Crippen LogP contribution is 1.94. The van der Waals surface area contributed by atoms with Gasteiger partial charge in [0.1, 0.15) is 16.0 Å². The molecule has 9 heteroatoms. The minimum atomic E-state index is -4.36. The predicted octanol–water partition coefficient (Wildman–Crippen LogP) is -2.56. The molecule has 0 aromatic heterocycles. The monoisotopic (exact) mass is 252 g/mol. The lowest BCUT2D eigenvalue weighted by Gasteiger charge is -2.25. The van der Waals surface area contributed by atoms with Crippen LogP contribution in [0.15, 0.2) is 0 Å². The molecule has 1 amide bonds. The SMILES string of the molecule is O=C(CN1CCOCC1)NNCS(=O)(=O)[O-]. The van der Waals surface area contributed by atoms with Gasteiger partial charge in [-0.05, 0) is 0 Å². The van der Waals surface area contributed by atoms with E-state index in [1.165, 1.54) is 0 Å². The molecule has 1 rings (SSSR count). The summed E-state index contributed by atoms with van der Waals surface area (Å²) >= 11 is 0. The number of nitrogens with zero attached hydrogens (tertiary/aromatic N) is 1. The van der Waals surface area contributed by atoms with Crippen molar-refractivity contribution in [3.05, 3.63) is 0 Å². The summed E-state index contributed by atoms with van der Waals surface area (Å²) in [7, 11) is -4.36. The van der Waals surface area contributed by atoms with Gasteiger partial charge < -0.3 is 9.29 Å². The summed E-state index contributed by atoms with van der Waals surface area (Å²) in [5.41, 5.74) is 4.19. The van der Waals surface area contributed by atoms with Gasteiger partial charge in [0.15, 0.2) is 0 Å². The fourth-order valence-electron chi connectivity index (χ4n) is 1.22. The third-order valence-electron chi connectivity index (χ3n) is 1.95. The molecule has 0 aromatic rings. The van der Waals surface area contributed by atoms with Gasteiger partial charge in [-0.3, -0.25) is 15.1 Å². The van der Waals surface area contributed by atoms with E-state index in [9.17, 15) is 17.8 Å². The number of nitrogens with one attached hydrogen (secondary N) is 2. The van der Waals surface area contributed by atoms with Crippen molar-refractivity contribution < 1.29 is 22.5 Å². The first-order chi connectivity index (χ1) is 7.47. The maximum Gasteiger partial charge on any atom is 0.248 e. The second-order valence-electron chi connectivity index (χ2n) is 3.32. The summed E-state index contributed by atoms with van der Waals surface area (Å²) in [6.45, 7) is 2.63. The Morgan fingerprint density at radius 3 is 2.56 bits per heavy atom. The van der Waals surface area contributed by atoms with E-state index in [4.69, 9.17) is 4.74 Å². The molecule has 0 saturated carbocycles. The molecule has 0 spiro atoms. The van der Waals surface area contributed by atoms with Crippen LogP contribution in [0.1, 0.15) is 0 Å². The number of amides is 1. The molecule has 8 nitrogen and oxygen atoms in total. The molecule has 0 bridgehead atoms. The molecule has 1 saturated heterocycles. The fourth-order valence-corrected chi connectivity index (χ4v) is 1.47. The molecule has 1 fully saturated rings. The minimum Gasteiger partial charge on any atom is -0.747 e. The zero-order valence-corrected chi connectivity index (χ0v) is 9.46. The lowest BCUT2D eigenvalue weighted by Crippen LogP contribution is -2.48. The van der Waals surface area contributed by atoms with E-state index in [1.54, 1.807) is 0 Å². The highest BCUT2D eigenvalue weighted by Gasteiger charge is 2.13. The van der Waals surface area contributed by atoms with Gasteiger partial charge in [0.2, 0.25) is 5.91 Å². The van der Waals surface area contributed by atoms with Gasteiger partial charge in [-0.2, -0.15) is 0 Å². The van der Waals surface area contributed by atoms with E-state index in [0.717, 1.165) is 0 Å². The van der Waals surface area contributed by atoms with Gasteiger partial charge in [-0.1, -0.05) is 0 Å². The summed E-state index contributed by atoms with van der Waals surface area (Å²) in [6, 6.07) is 0. The second-order valence-corrected chi connectivity index (χ2v) is 4.72. The van der Waals surface area contributed by atoms with Crippen LogP contribution in [-0.2, 0) is 19.6 Å². The van der Waals surface area contributed by atoms with E-state index in [-0.39, 0.29) is 12.5 Å². The number of rotatable bonds is 5. The van der Waals surface area contributed by atoms with Gasteiger partial charge in [0, 0.05) is 13.1 Å². The summed E-state index contributed by atoms with van der Waals surface area (Å²) in [4.78, 5) is 13.1. The quantitative estimate of drug-likeness (QED) is 0.409. The van der Waals surface area contributed by atoms with Crippen molar-refractivity contribution in [1.82, 2.24) is 15.8 Å². The van der Waals surface area contributed by atoms with E-state index < -0.39 is 16.0 Å². The Hall–Kier alpha value is -0.740. The number of hydrogen-bond donors (Lipinski definition) is 2. The maximum absolute atomic E-state index is 11.2. The Balaban J connectivity index is 2.15. The average Bonchev–Trinajstić information content (AvgIpc) is 2.17. The Morgan fingerprint density at radius 1 is 1.38 bits per heavy atom. The molecule has 0 aromatic carbocycles. The van der Waals surface area contributed by atoms with Crippen molar-refractivity contribution in [2.45, 2.75) is 0 Å². The topological polar surface area (TPSA) is 111 Å². The van der Waals surface area contributed by atoms with Crippen LogP contribution in [0.5, 0.6) is 0 Å². The van der Waals surface area contributed by atoms with Crippen LogP contribution in [-0.4, -0.2) is 62.5 Å². The summed E-state index contributed by atoms with van der Waals surface area (Å²) in [5.74, 6) is -1.20. The fraction of sp³-hybridized carbons (Fsp3) is 0.857. The Bertz CT molecular complexity index is 325. The van der Waals surface area contributed by atoms with Crippen LogP contribution in [0.25, 0.3) is 0 Å². The largest absolute Gasteiger partial charge is 0.747 e. The lowest BCUT2D eigenvalue weighted by molar-refractivity contribution is -0.124. The van der Waals surface area contributed by atoms with Gasteiger partial charge >= 0.3 is 0 Å². The summed E-state index contributed by atoms with van der Waals surface area (Å²) < 4.78 is 35.7. The van der Waals surface area contributed by atoms with Crippen molar-refractivity contribution in [3.63, 3.8) is 0 Å². The van der Waals surface area contributed by atoms with Crippen molar-refractivity contribution in [2.75, 3.05) is 38.7 Å². The van der Waals surface area contributed by atoms with E-state index >= 15 is 0 Å². The van der Waals surface area contributed by atoms with Crippen LogP contribution in [0.2, 0.25) is 0 Å². The molecule has 94 valence electrons. The smallest absolute Gasteiger partial charge is 0.248 e. The molecular weight excluding hydrogens is 238 g/mol. The van der Waals surface area contributed by atoms with Crippen LogP contribution < -0.4 is 10.9 Å². The highest BCUT2D eigenvalue weighted by atomic mass is 32.2. The van der Waals surface area contributed by atoms with Crippen LogP contribution >= 0.6 is 0 Å². The molecule has 1 heterocycles. The first-order valence-electron chi connectivity index (χ1n) is 4.73. The summed E-state index contributed by atoms with van der Waals surface area (Å²) in [6.07, 6.45) is 0. The number of hydrogen-bond acceptors (Lipinski definition) is 7. The molecule has 0 radical (unpaired) electrons. The third-order valence-corrected chi connectivity index (χ3v) is 2.45. The number of morpholine rings is 1. The van der Waals surface area contributed by atoms with E-state index in [1.807, 2.05) is 4.90 Å². The van der Waals surface area contributed by atoms with Gasteiger partial charge in [0.05, 0.1) is 19.8 Å². The molecule has 1 aliphatic heterocycles. The number of carbonyl (C=O) groups is 1. The minimum absolute atomic E-state index is 0.148. The van der Waals surface area contributed by atoms with E-state index in [2.05, 4.69) is 10.9 Å². The molecule has 0 aliphatic carbocycles. The van der Waals surface area contributed by atoms with Crippen molar-refractivity contribution >= 4 is 16.0 Å². The zero-order valence-electron chi connectivity index (χ0n) is 8.64. The highest BCUT2D eigenvalue weighted by molar-refractivity contribution is 7.85. The Morgan fingerprint density at radius 2 is 2.00 bits per heavy atom. The third kappa shape index (κ3) is 5.98. The normalized spacial score (nSPS) is 18.3. The molecule has 16 heavy (non-hydrogen) atoms. The molecule has 2 N–H and O–H groups in total. The van der Waals surface area contributed by atoms with Crippen LogP contribution in [0.3, 0.4) is 0 Å². The Labute approximate surface area is 93.7 Å². The van der Waals surface area contributed by atoms with Crippen molar-refractivity contribution in [1.29, 1.82) is 0 Å². The number of ether oxygens (including phenoxy) is 1. The summed E-state index contributed by atoms with van der Waals surface area (Å²) in [5, 5.41) is 0. The predicted molar refractivity (Wildman–Crippen MR) is 53.1 cm³/mol. The van der Waals surface area contributed by atoms with Gasteiger partial charge in [0.25, 0.3) is 0 Å². The zero-order chi connectivity index (χ0) is 12.0. The van der Waals surface area contributed by atoms with Gasteiger partial charge in [-0.25, -0.2) is 13.8 Å². The molecule has 1 aliphatic rings. The van der Waals surface area contributed by atoms with Gasteiger partial charge in [-0.15, -0.1) is 0 Å². The molecular formula is C7H14N3O5S-. The first-order valence-corrected chi connectivity index (χ1v) is 6.30. The Kier molecular flexibility index (Phi) is 5.09. The molecule has 0 unspecified atom stereocenters. The maximum atomic E-state index is 11.2. The first kappa shape index (κ1) is 13.3. The second kappa shape index (κ2) is 6.11. The van der Waals surface area contributed by atoms with E-state index in [0.29, 0.717) is 26.3 Å². The average molecular weight is 252 g/mol. The lowest BCUT2D eigenvalue weighted by atomic mass is 10.4.